The lowest BCUT2D eigenvalue weighted by molar-refractivity contribution is 0.371. The van der Waals surface area contributed by atoms with Crippen molar-refractivity contribution in [3.05, 3.63) is 64.5 Å². The van der Waals surface area contributed by atoms with E-state index in [-0.39, 0.29) is 6.61 Å². The molecule has 0 saturated carbocycles. The van der Waals surface area contributed by atoms with Crippen LogP contribution in [0.1, 0.15) is 5.56 Å². The van der Waals surface area contributed by atoms with Crippen LogP contribution in [0, 0.1) is 18.3 Å². The second-order valence-electron chi connectivity index (χ2n) is 4.93. The van der Waals surface area contributed by atoms with Gasteiger partial charge in [-0.3, -0.25) is 0 Å². The topological polar surface area (TPSA) is 63.2 Å². The summed E-state index contributed by atoms with van der Waals surface area (Å²) < 4.78 is 10.8. The number of fused-ring (bicyclic) bond motifs is 1. The first-order valence-electron chi connectivity index (χ1n) is 6.83. The van der Waals surface area contributed by atoms with Crippen LogP contribution in [0.2, 0.25) is 0 Å². The summed E-state index contributed by atoms with van der Waals surface area (Å²) in [5.74, 6) is 0.541. The van der Waals surface area contributed by atoms with Gasteiger partial charge in [0.1, 0.15) is 17.4 Å². The maximum Gasteiger partial charge on any atom is 0.336 e. The Morgan fingerprint density at radius 1 is 1.18 bits per heavy atom. The van der Waals surface area contributed by atoms with Gasteiger partial charge < -0.3 is 9.15 Å². The standard InChI is InChI=1S/C18H13NO3/c1-12-9-15(21-8-7-19)18-14(13-5-3-2-4-6-13)11-17(20)22-16(18)10-12/h2-6,9-11H,8H2,1H3. The van der Waals surface area contributed by atoms with Crippen molar-refractivity contribution < 1.29 is 9.15 Å². The Balaban J connectivity index is 2.36. The molecular formula is C18H13NO3. The fourth-order valence-corrected chi connectivity index (χ4v) is 2.46. The summed E-state index contributed by atoms with van der Waals surface area (Å²) in [7, 11) is 0. The van der Waals surface area contributed by atoms with Gasteiger partial charge in [0.25, 0.3) is 0 Å². The average Bonchev–Trinajstić information content (AvgIpc) is 2.52. The molecule has 0 radical (unpaired) electrons. The Hall–Kier alpha value is -3.06. The van der Waals surface area contributed by atoms with E-state index in [2.05, 4.69) is 0 Å². The van der Waals surface area contributed by atoms with Crippen molar-refractivity contribution in [3.63, 3.8) is 0 Å². The largest absolute Gasteiger partial charge is 0.478 e. The van der Waals surface area contributed by atoms with Crippen LogP contribution >= 0.6 is 0 Å². The van der Waals surface area contributed by atoms with E-state index >= 15 is 0 Å². The third kappa shape index (κ3) is 2.57. The van der Waals surface area contributed by atoms with Gasteiger partial charge in [-0.25, -0.2) is 4.79 Å². The van der Waals surface area contributed by atoms with Crippen LogP contribution < -0.4 is 10.4 Å². The van der Waals surface area contributed by atoms with E-state index < -0.39 is 5.63 Å². The number of benzene rings is 2. The van der Waals surface area contributed by atoms with Crippen molar-refractivity contribution in [2.75, 3.05) is 6.61 Å². The molecule has 0 aliphatic carbocycles. The first kappa shape index (κ1) is 13.9. The number of aryl methyl sites for hydroxylation is 1. The third-order valence-electron chi connectivity index (χ3n) is 3.33. The van der Waals surface area contributed by atoms with Crippen LogP contribution in [-0.2, 0) is 0 Å². The molecule has 0 aliphatic heterocycles. The highest BCUT2D eigenvalue weighted by Gasteiger charge is 2.14. The SMILES string of the molecule is Cc1cc(OCC#N)c2c(-c3ccccc3)cc(=O)oc2c1. The number of hydrogen-bond acceptors (Lipinski definition) is 4. The second-order valence-corrected chi connectivity index (χ2v) is 4.93. The molecule has 1 aromatic heterocycles. The van der Waals surface area contributed by atoms with Gasteiger partial charge in [-0.05, 0) is 30.2 Å². The predicted molar refractivity (Wildman–Crippen MR) is 83.8 cm³/mol. The fraction of sp³-hybridized carbons (Fsp3) is 0.111. The predicted octanol–water partition coefficient (Wildman–Crippen LogP) is 3.67. The zero-order chi connectivity index (χ0) is 15.5. The van der Waals surface area contributed by atoms with E-state index in [0.29, 0.717) is 16.7 Å². The summed E-state index contributed by atoms with van der Waals surface area (Å²) in [4.78, 5) is 11.9. The van der Waals surface area contributed by atoms with Gasteiger partial charge in [0, 0.05) is 11.6 Å². The lowest BCUT2D eigenvalue weighted by Gasteiger charge is -2.11. The van der Waals surface area contributed by atoms with Crippen molar-refractivity contribution in [1.82, 2.24) is 0 Å². The second kappa shape index (κ2) is 5.74. The maximum atomic E-state index is 11.9. The van der Waals surface area contributed by atoms with Crippen molar-refractivity contribution in [1.29, 1.82) is 5.26 Å². The molecular weight excluding hydrogens is 278 g/mol. The minimum atomic E-state index is -0.414. The van der Waals surface area contributed by atoms with Crippen LogP contribution in [0.25, 0.3) is 22.1 Å². The molecule has 1 heterocycles. The summed E-state index contributed by atoms with van der Waals surface area (Å²) in [5, 5.41) is 9.45. The minimum Gasteiger partial charge on any atom is -0.478 e. The quantitative estimate of drug-likeness (QED) is 0.691. The molecule has 0 amide bonds. The summed E-state index contributed by atoms with van der Waals surface area (Å²) >= 11 is 0. The maximum absolute atomic E-state index is 11.9. The molecule has 22 heavy (non-hydrogen) atoms. The normalized spacial score (nSPS) is 10.4. The first-order chi connectivity index (χ1) is 10.7. The number of rotatable bonds is 3. The van der Waals surface area contributed by atoms with Gasteiger partial charge in [-0.1, -0.05) is 30.3 Å². The lowest BCUT2D eigenvalue weighted by atomic mass is 10.0. The van der Waals surface area contributed by atoms with Crippen LogP contribution in [0.5, 0.6) is 5.75 Å². The van der Waals surface area contributed by atoms with Gasteiger partial charge in [-0.15, -0.1) is 0 Å². The summed E-state index contributed by atoms with van der Waals surface area (Å²) in [6.45, 7) is 1.82. The third-order valence-corrected chi connectivity index (χ3v) is 3.33. The van der Waals surface area contributed by atoms with Crippen molar-refractivity contribution in [2.24, 2.45) is 0 Å². The molecule has 0 unspecified atom stereocenters. The van der Waals surface area contributed by atoms with Gasteiger partial charge >= 0.3 is 5.63 Å². The zero-order valence-electron chi connectivity index (χ0n) is 12.0. The highest BCUT2D eigenvalue weighted by Crippen LogP contribution is 2.35. The Bertz CT molecular complexity index is 921. The Kier molecular flexibility index (Phi) is 3.63. The summed E-state index contributed by atoms with van der Waals surface area (Å²) in [6, 6.07) is 16.6. The number of nitriles is 1. The lowest BCUT2D eigenvalue weighted by Crippen LogP contribution is -2.01. The van der Waals surface area contributed by atoms with E-state index in [1.165, 1.54) is 6.07 Å². The van der Waals surface area contributed by atoms with Crippen LogP contribution in [0.15, 0.2) is 57.7 Å². The number of hydrogen-bond donors (Lipinski definition) is 0. The van der Waals surface area contributed by atoms with Gasteiger partial charge in [0.05, 0.1) is 5.39 Å². The summed E-state index contributed by atoms with van der Waals surface area (Å²) in [6.07, 6.45) is 0. The highest BCUT2D eigenvalue weighted by atomic mass is 16.5. The first-order valence-corrected chi connectivity index (χ1v) is 6.83. The molecule has 3 aromatic rings. The molecule has 0 bridgehead atoms. The van der Waals surface area contributed by atoms with E-state index in [1.807, 2.05) is 49.4 Å². The molecule has 0 N–H and O–H groups in total. The monoisotopic (exact) mass is 291 g/mol. The van der Waals surface area contributed by atoms with Crippen LogP contribution in [0.3, 0.4) is 0 Å². The molecule has 0 atom stereocenters. The van der Waals surface area contributed by atoms with Crippen LogP contribution in [0.4, 0.5) is 0 Å². The molecule has 0 spiro atoms. The van der Waals surface area contributed by atoms with Crippen molar-refractivity contribution in [3.8, 4) is 22.9 Å². The van der Waals surface area contributed by atoms with Crippen LogP contribution in [-0.4, -0.2) is 6.61 Å². The highest BCUT2D eigenvalue weighted by molar-refractivity contribution is 5.98. The van der Waals surface area contributed by atoms with E-state index in [0.717, 1.165) is 16.7 Å². The molecule has 0 aliphatic rings. The molecule has 4 heteroatoms. The van der Waals surface area contributed by atoms with E-state index in [1.54, 1.807) is 6.07 Å². The molecule has 3 rings (SSSR count). The molecule has 4 nitrogen and oxygen atoms in total. The number of nitrogens with zero attached hydrogens (tertiary/aromatic N) is 1. The summed E-state index contributed by atoms with van der Waals surface area (Å²) in [5.41, 5.74) is 2.57. The molecule has 0 saturated heterocycles. The Morgan fingerprint density at radius 3 is 2.68 bits per heavy atom. The zero-order valence-corrected chi connectivity index (χ0v) is 12.0. The van der Waals surface area contributed by atoms with Gasteiger partial charge in [0.15, 0.2) is 6.61 Å². The molecule has 2 aromatic carbocycles. The van der Waals surface area contributed by atoms with Crippen molar-refractivity contribution in [2.45, 2.75) is 6.92 Å². The minimum absolute atomic E-state index is 0.0636. The van der Waals surface area contributed by atoms with Crippen molar-refractivity contribution >= 4 is 11.0 Å². The van der Waals surface area contributed by atoms with Gasteiger partial charge in [0.2, 0.25) is 0 Å². The Morgan fingerprint density at radius 2 is 1.95 bits per heavy atom. The smallest absolute Gasteiger partial charge is 0.336 e. The number of ether oxygens (including phenoxy) is 1. The van der Waals surface area contributed by atoms with E-state index in [9.17, 15) is 4.79 Å². The fourth-order valence-electron chi connectivity index (χ4n) is 2.46. The molecule has 108 valence electrons. The van der Waals surface area contributed by atoms with E-state index in [4.69, 9.17) is 14.4 Å². The average molecular weight is 291 g/mol. The molecule has 0 fully saturated rings. The van der Waals surface area contributed by atoms with Gasteiger partial charge in [-0.2, -0.15) is 5.26 Å². The Labute approximate surface area is 127 Å².